The lowest BCUT2D eigenvalue weighted by atomic mass is 10.8. The van der Waals surface area contributed by atoms with Crippen molar-refractivity contribution in [1.82, 2.24) is 0 Å². The maximum absolute atomic E-state index is 9.87. The Balaban J connectivity index is 2.99. The monoisotopic (exact) mass is 218 g/mol. The second kappa shape index (κ2) is 3.73. The molecule has 0 saturated heterocycles. The molecule has 0 unspecified atom stereocenters. The minimum Gasteiger partial charge on any atom is -0.394 e. The molecule has 2 nitrogen and oxygen atoms in total. The molecule has 0 heterocycles. The van der Waals surface area contributed by atoms with Crippen molar-refractivity contribution in [1.29, 1.82) is 0 Å². The summed E-state index contributed by atoms with van der Waals surface area (Å²) in [6.45, 7) is 0. The molecule has 0 spiro atoms. The Kier molecular flexibility index (Phi) is 4.07. The highest BCUT2D eigenvalue weighted by molar-refractivity contribution is 14.1. The van der Waals surface area contributed by atoms with Gasteiger partial charge in [-0.1, -0.05) is 0 Å². The summed E-state index contributed by atoms with van der Waals surface area (Å²) in [7, 11) is 0. The highest BCUT2D eigenvalue weighted by Gasteiger charge is 1.90. The third kappa shape index (κ3) is 2.77. The smallest absolute Gasteiger partial charge is 0.325 e. The average Bonchev–Trinajstić information content (AvgIpc) is 1.65. The molecule has 6 heavy (non-hydrogen) atoms. The maximum atomic E-state index is 9.87. The molecule has 0 aliphatic heterocycles. The van der Waals surface area contributed by atoms with Gasteiger partial charge in [0.05, 0.1) is 5.75 Å². The van der Waals surface area contributed by atoms with Crippen LogP contribution in [-0.2, 0) is 7.86 Å². The summed E-state index contributed by atoms with van der Waals surface area (Å²) < 4.78 is 4.15. The Morgan fingerprint density at radius 2 is 2.50 bits per heavy atom. The van der Waals surface area contributed by atoms with Crippen molar-refractivity contribution in [3.05, 3.63) is 0 Å². The zero-order valence-electron chi connectivity index (χ0n) is 2.85. The fourth-order valence-electron chi connectivity index (χ4n) is 0.0244. The molecule has 0 radical (unpaired) electrons. The zero-order chi connectivity index (χ0) is 4.99. The highest BCUT2D eigenvalue weighted by Crippen LogP contribution is 1.87. The van der Waals surface area contributed by atoms with Crippen molar-refractivity contribution < 1.29 is 7.86 Å². The van der Waals surface area contributed by atoms with E-state index in [-0.39, 0.29) is 11.7 Å². The third-order valence-electron chi connectivity index (χ3n) is 0.215. The predicted molar refractivity (Wildman–Crippen MR) is 34.0 cm³/mol. The normalized spacial score (nSPS) is 7.67. The molecule has 0 fully saturated rings. The standard InChI is InChI=1S/C2H3IO2S/c3-5-2(4)1-6/h6H,1H2. The van der Waals surface area contributed by atoms with E-state index in [2.05, 4.69) is 15.7 Å². The average molecular weight is 218 g/mol. The van der Waals surface area contributed by atoms with Crippen molar-refractivity contribution in [3.63, 3.8) is 0 Å². The van der Waals surface area contributed by atoms with Gasteiger partial charge in [0.2, 0.25) is 0 Å². The number of carbonyl (C=O) groups excluding carboxylic acids is 1. The van der Waals surface area contributed by atoms with E-state index in [0.717, 1.165) is 0 Å². The predicted octanol–water partition coefficient (Wildman–Crippen LogP) is 0.809. The molecule has 0 aliphatic rings. The Morgan fingerprint density at radius 3 is 2.50 bits per heavy atom. The van der Waals surface area contributed by atoms with Crippen LogP contribution in [0.15, 0.2) is 0 Å². The molecule has 0 aliphatic carbocycles. The van der Waals surface area contributed by atoms with Gasteiger partial charge in [-0.15, -0.1) is 0 Å². The van der Waals surface area contributed by atoms with E-state index >= 15 is 0 Å². The van der Waals surface area contributed by atoms with Crippen LogP contribution in [0.25, 0.3) is 0 Å². The number of halogens is 1. The highest BCUT2D eigenvalue weighted by atomic mass is 127. The van der Waals surface area contributed by atoms with Crippen LogP contribution in [0.5, 0.6) is 0 Å². The Labute approximate surface area is 55.3 Å². The van der Waals surface area contributed by atoms with Gasteiger partial charge in [-0.25, -0.2) is 0 Å². The summed E-state index contributed by atoms with van der Waals surface area (Å²) in [6, 6.07) is 0. The van der Waals surface area contributed by atoms with Crippen LogP contribution in [0.2, 0.25) is 0 Å². The van der Waals surface area contributed by atoms with Gasteiger partial charge in [0, 0.05) is 0 Å². The van der Waals surface area contributed by atoms with Gasteiger partial charge in [-0.2, -0.15) is 12.6 Å². The summed E-state index contributed by atoms with van der Waals surface area (Å²) in [6.07, 6.45) is 0. The maximum Gasteiger partial charge on any atom is 0.325 e. The molecule has 0 atom stereocenters. The van der Waals surface area contributed by atoms with E-state index in [1.165, 1.54) is 23.0 Å². The molecule has 0 aromatic rings. The van der Waals surface area contributed by atoms with Gasteiger partial charge in [0.25, 0.3) is 0 Å². The molecule has 0 aromatic carbocycles. The van der Waals surface area contributed by atoms with Gasteiger partial charge in [0.15, 0.2) is 23.0 Å². The Bertz CT molecular complexity index is 49.5. The molecular formula is C2H3IO2S. The number of hydrogen-bond acceptors (Lipinski definition) is 3. The van der Waals surface area contributed by atoms with Gasteiger partial charge in [-0.3, -0.25) is 4.79 Å². The van der Waals surface area contributed by atoms with Crippen LogP contribution in [-0.4, -0.2) is 11.7 Å². The van der Waals surface area contributed by atoms with Crippen molar-refractivity contribution in [2.45, 2.75) is 0 Å². The van der Waals surface area contributed by atoms with Crippen LogP contribution >= 0.6 is 35.6 Å². The summed E-state index contributed by atoms with van der Waals surface area (Å²) in [5, 5.41) is 0. The van der Waals surface area contributed by atoms with E-state index < -0.39 is 0 Å². The fourth-order valence-corrected chi connectivity index (χ4v) is 0.491. The largest absolute Gasteiger partial charge is 0.394 e. The second-order valence-electron chi connectivity index (χ2n) is 0.607. The van der Waals surface area contributed by atoms with Gasteiger partial charge in [-0.05, 0) is 0 Å². The topological polar surface area (TPSA) is 26.3 Å². The number of hydrogen-bond donors (Lipinski definition) is 1. The first-order chi connectivity index (χ1) is 2.81. The van der Waals surface area contributed by atoms with E-state index in [9.17, 15) is 4.79 Å². The second-order valence-corrected chi connectivity index (χ2v) is 1.36. The van der Waals surface area contributed by atoms with Crippen molar-refractivity contribution >= 4 is 41.6 Å². The van der Waals surface area contributed by atoms with Crippen LogP contribution in [0.3, 0.4) is 0 Å². The van der Waals surface area contributed by atoms with E-state index in [1.54, 1.807) is 0 Å². The quantitative estimate of drug-likeness (QED) is 0.520. The number of rotatable bonds is 1. The third-order valence-corrected chi connectivity index (χ3v) is 0.965. The molecule has 0 amide bonds. The van der Waals surface area contributed by atoms with E-state index in [1.807, 2.05) is 0 Å². The van der Waals surface area contributed by atoms with Gasteiger partial charge < -0.3 is 3.07 Å². The summed E-state index contributed by atoms with van der Waals surface area (Å²) in [4.78, 5) is 9.87. The molecule has 0 saturated carbocycles. The molecule has 4 heteroatoms. The minimum absolute atomic E-state index is 0.156. The van der Waals surface area contributed by atoms with E-state index in [0.29, 0.717) is 0 Å². The first kappa shape index (κ1) is 6.55. The summed E-state index contributed by atoms with van der Waals surface area (Å²) in [5.74, 6) is -0.151. The minimum atomic E-state index is -0.307. The molecule has 0 aromatic heterocycles. The lowest BCUT2D eigenvalue weighted by Crippen LogP contribution is -1.95. The lowest BCUT2D eigenvalue weighted by Gasteiger charge is -1.82. The van der Waals surface area contributed by atoms with Crippen LogP contribution in [0.4, 0.5) is 0 Å². The zero-order valence-corrected chi connectivity index (χ0v) is 5.90. The Morgan fingerprint density at radius 1 is 2.00 bits per heavy atom. The van der Waals surface area contributed by atoms with Crippen LogP contribution < -0.4 is 0 Å². The molecule has 0 rings (SSSR count). The number of thiol groups is 1. The Hall–Kier alpha value is 0.550. The van der Waals surface area contributed by atoms with Crippen molar-refractivity contribution in [3.8, 4) is 0 Å². The SMILES string of the molecule is O=C(CS)OI. The van der Waals surface area contributed by atoms with Gasteiger partial charge in [0.1, 0.15) is 0 Å². The first-order valence-electron chi connectivity index (χ1n) is 1.23. The number of carbonyl (C=O) groups is 1. The summed E-state index contributed by atoms with van der Waals surface area (Å²) >= 11 is 5.13. The van der Waals surface area contributed by atoms with Crippen molar-refractivity contribution in [2.75, 3.05) is 5.75 Å². The molecule has 36 valence electrons. The summed E-state index contributed by atoms with van der Waals surface area (Å²) in [5.41, 5.74) is 0. The fraction of sp³-hybridized carbons (Fsp3) is 0.500. The van der Waals surface area contributed by atoms with Crippen LogP contribution in [0.1, 0.15) is 0 Å². The molecule has 0 bridgehead atoms. The van der Waals surface area contributed by atoms with Crippen molar-refractivity contribution in [2.24, 2.45) is 0 Å². The molecular weight excluding hydrogens is 215 g/mol. The molecule has 0 N–H and O–H groups in total. The van der Waals surface area contributed by atoms with E-state index in [4.69, 9.17) is 0 Å². The first-order valence-corrected chi connectivity index (χ1v) is 2.75. The van der Waals surface area contributed by atoms with Gasteiger partial charge >= 0.3 is 5.97 Å². The lowest BCUT2D eigenvalue weighted by molar-refractivity contribution is -0.128. The van der Waals surface area contributed by atoms with Crippen LogP contribution in [0, 0.1) is 0 Å².